The Morgan fingerprint density at radius 2 is 1.70 bits per heavy atom. The summed E-state index contributed by atoms with van der Waals surface area (Å²) in [5.41, 5.74) is 5.41. The number of nitrogens with two attached hydrogens (primary N) is 1. The zero-order chi connectivity index (χ0) is 15.2. The zero-order valence-corrected chi connectivity index (χ0v) is 13.2. The standard InChI is InChI=1S/C12H26N4O3S/c1-14(2)20(18,19)16-10-8-15(9-11-16)12(17)6-4-3-5-7-13/h3-11,13H2,1-2H3. The van der Waals surface area contributed by atoms with E-state index in [1.54, 1.807) is 4.90 Å². The Balaban J connectivity index is 2.37. The third-order valence-corrected chi connectivity index (χ3v) is 5.41. The van der Waals surface area contributed by atoms with Crippen LogP contribution in [0.4, 0.5) is 0 Å². The first-order chi connectivity index (χ1) is 9.39. The van der Waals surface area contributed by atoms with Crippen LogP contribution in [0.5, 0.6) is 0 Å². The van der Waals surface area contributed by atoms with Crippen LogP contribution in [0.1, 0.15) is 25.7 Å². The van der Waals surface area contributed by atoms with Crippen LogP contribution in [-0.4, -0.2) is 74.7 Å². The minimum absolute atomic E-state index is 0.115. The maximum absolute atomic E-state index is 12.0. The summed E-state index contributed by atoms with van der Waals surface area (Å²) in [6, 6.07) is 0. The Kier molecular flexibility index (Phi) is 6.87. The fraction of sp³-hybridized carbons (Fsp3) is 0.917. The highest BCUT2D eigenvalue weighted by Crippen LogP contribution is 2.11. The summed E-state index contributed by atoms with van der Waals surface area (Å²) in [6.07, 6.45) is 3.30. The Morgan fingerprint density at radius 3 is 2.20 bits per heavy atom. The third kappa shape index (κ3) is 4.69. The van der Waals surface area contributed by atoms with Crippen molar-refractivity contribution in [1.82, 2.24) is 13.5 Å². The molecule has 0 aliphatic carbocycles. The molecule has 1 heterocycles. The SMILES string of the molecule is CN(C)S(=O)(=O)N1CCN(C(=O)CCCCCN)CC1. The highest BCUT2D eigenvalue weighted by molar-refractivity contribution is 7.86. The van der Waals surface area contributed by atoms with Gasteiger partial charge in [0.05, 0.1) is 0 Å². The van der Waals surface area contributed by atoms with E-state index in [2.05, 4.69) is 0 Å². The fourth-order valence-corrected chi connectivity index (χ4v) is 3.24. The van der Waals surface area contributed by atoms with Crippen molar-refractivity contribution in [3.8, 4) is 0 Å². The van der Waals surface area contributed by atoms with Gasteiger partial charge >= 0.3 is 0 Å². The number of nitrogens with zero attached hydrogens (tertiary/aromatic N) is 3. The number of hydrogen-bond donors (Lipinski definition) is 1. The van der Waals surface area contributed by atoms with Gasteiger partial charge in [-0.15, -0.1) is 0 Å². The predicted molar refractivity (Wildman–Crippen MR) is 78.3 cm³/mol. The maximum Gasteiger partial charge on any atom is 0.281 e. The first kappa shape index (κ1) is 17.4. The van der Waals surface area contributed by atoms with Gasteiger partial charge in [-0.2, -0.15) is 17.0 Å². The van der Waals surface area contributed by atoms with E-state index >= 15 is 0 Å². The number of carbonyl (C=O) groups excluding carboxylic acids is 1. The second-order valence-electron chi connectivity index (χ2n) is 5.17. The van der Waals surface area contributed by atoms with Crippen LogP contribution in [0.15, 0.2) is 0 Å². The molecule has 1 fully saturated rings. The second kappa shape index (κ2) is 7.92. The fourth-order valence-electron chi connectivity index (χ4n) is 2.15. The van der Waals surface area contributed by atoms with Crippen molar-refractivity contribution >= 4 is 16.1 Å². The number of hydrogen-bond acceptors (Lipinski definition) is 4. The van der Waals surface area contributed by atoms with Crippen molar-refractivity contribution in [2.45, 2.75) is 25.7 Å². The van der Waals surface area contributed by atoms with Crippen LogP contribution in [0.25, 0.3) is 0 Å². The minimum atomic E-state index is -3.36. The first-order valence-corrected chi connectivity index (χ1v) is 8.44. The topological polar surface area (TPSA) is 87.0 Å². The van der Waals surface area contributed by atoms with Gasteiger partial charge in [-0.1, -0.05) is 6.42 Å². The van der Waals surface area contributed by atoms with Gasteiger partial charge in [0.25, 0.3) is 10.2 Å². The molecule has 0 saturated carbocycles. The second-order valence-corrected chi connectivity index (χ2v) is 7.31. The molecule has 0 aromatic heterocycles. The molecule has 1 amide bonds. The third-order valence-electron chi connectivity index (χ3n) is 3.47. The van der Waals surface area contributed by atoms with Crippen molar-refractivity contribution in [1.29, 1.82) is 0 Å². The normalized spacial score (nSPS) is 17.7. The van der Waals surface area contributed by atoms with Crippen molar-refractivity contribution in [3.05, 3.63) is 0 Å². The van der Waals surface area contributed by atoms with Crippen LogP contribution < -0.4 is 5.73 Å². The molecule has 2 N–H and O–H groups in total. The lowest BCUT2D eigenvalue weighted by molar-refractivity contribution is -0.132. The van der Waals surface area contributed by atoms with Crippen molar-refractivity contribution < 1.29 is 13.2 Å². The molecule has 1 saturated heterocycles. The van der Waals surface area contributed by atoms with E-state index < -0.39 is 10.2 Å². The van der Waals surface area contributed by atoms with Crippen LogP contribution in [-0.2, 0) is 15.0 Å². The average molecular weight is 306 g/mol. The van der Waals surface area contributed by atoms with Crippen LogP contribution in [0.2, 0.25) is 0 Å². The van der Waals surface area contributed by atoms with Crippen molar-refractivity contribution in [2.75, 3.05) is 46.8 Å². The summed E-state index contributed by atoms with van der Waals surface area (Å²) in [4.78, 5) is 13.7. The van der Waals surface area contributed by atoms with E-state index in [9.17, 15) is 13.2 Å². The molecular weight excluding hydrogens is 280 g/mol. The summed E-state index contributed by atoms with van der Waals surface area (Å²) in [5.74, 6) is 0.115. The molecule has 0 spiro atoms. The van der Waals surface area contributed by atoms with Crippen molar-refractivity contribution in [3.63, 3.8) is 0 Å². The molecular formula is C12H26N4O3S. The highest BCUT2D eigenvalue weighted by Gasteiger charge is 2.29. The molecule has 118 valence electrons. The molecule has 1 rings (SSSR count). The molecule has 8 heteroatoms. The molecule has 0 atom stereocenters. The summed E-state index contributed by atoms with van der Waals surface area (Å²) in [5, 5.41) is 0. The lowest BCUT2D eigenvalue weighted by Gasteiger charge is -2.35. The molecule has 1 aliphatic rings. The zero-order valence-electron chi connectivity index (χ0n) is 12.4. The lowest BCUT2D eigenvalue weighted by atomic mass is 10.1. The van der Waals surface area contributed by atoms with Gasteiger partial charge in [0.15, 0.2) is 0 Å². The molecule has 7 nitrogen and oxygen atoms in total. The Bertz CT molecular complexity index is 403. The van der Waals surface area contributed by atoms with Gasteiger partial charge in [0.1, 0.15) is 0 Å². The molecule has 0 aromatic rings. The lowest BCUT2D eigenvalue weighted by Crippen LogP contribution is -2.53. The Morgan fingerprint density at radius 1 is 1.10 bits per heavy atom. The van der Waals surface area contributed by atoms with Crippen LogP contribution in [0, 0.1) is 0 Å². The number of piperazine rings is 1. The largest absolute Gasteiger partial charge is 0.340 e. The molecule has 0 aromatic carbocycles. The van der Waals surface area contributed by atoms with E-state index in [1.807, 2.05) is 0 Å². The van der Waals surface area contributed by atoms with Gasteiger partial charge in [-0.05, 0) is 19.4 Å². The predicted octanol–water partition coefficient (Wildman–Crippen LogP) is -0.544. The number of rotatable bonds is 7. The van der Waals surface area contributed by atoms with Crippen LogP contribution in [0.3, 0.4) is 0 Å². The van der Waals surface area contributed by atoms with Gasteiger partial charge in [0.2, 0.25) is 5.91 Å². The summed E-state index contributed by atoms with van der Waals surface area (Å²) in [7, 11) is -0.322. The van der Waals surface area contributed by atoms with E-state index in [0.29, 0.717) is 39.1 Å². The maximum atomic E-state index is 12.0. The van der Waals surface area contributed by atoms with Gasteiger partial charge in [-0.25, -0.2) is 0 Å². The quantitative estimate of drug-likeness (QED) is 0.640. The van der Waals surface area contributed by atoms with E-state index in [-0.39, 0.29) is 5.91 Å². The van der Waals surface area contributed by atoms with E-state index in [0.717, 1.165) is 19.3 Å². The number of amides is 1. The monoisotopic (exact) mass is 306 g/mol. The molecule has 0 unspecified atom stereocenters. The summed E-state index contributed by atoms with van der Waals surface area (Å²) < 4.78 is 26.5. The van der Waals surface area contributed by atoms with Gasteiger partial charge in [0, 0.05) is 46.7 Å². The number of unbranched alkanes of at least 4 members (excludes halogenated alkanes) is 2. The number of carbonyl (C=O) groups is 1. The van der Waals surface area contributed by atoms with Crippen molar-refractivity contribution in [2.24, 2.45) is 5.73 Å². The van der Waals surface area contributed by atoms with E-state index in [1.165, 1.54) is 22.7 Å². The van der Waals surface area contributed by atoms with Gasteiger partial charge in [-0.3, -0.25) is 4.79 Å². The molecule has 0 radical (unpaired) electrons. The summed E-state index contributed by atoms with van der Waals surface area (Å²) in [6.45, 7) is 2.35. The minimum Gasteiger partial charge on any atom is -0.340 e. The molecule has 1 aliphatic heterocycles. The summed E-state index contributed by atoms with van der Waals surface area (Å²) >= 11 is 0. The molecule has 20 heavy (non-hydrogen) atoms. The smallest absolute Gasteiger partial charge is 0.281 e. The van der Waals surface area contributed by atoms with Gasteiger partial charge < -0.3 is 10.6 Å². The first-order valence-electron chi connectivity index (χ1n) is 7.05. The van der Waals surface area contributed by atoms with Crippen LogP contribution >= 0.6 is 0 Å². The molecule has 0 bridgehead atoms. The Labute approximate surface area is 121 Å². The highest BCUT2D eigenvalue weighted by atomic mass is 32.2. The van der Waals surface area contributed by atoms with E-state index in [4.69, 9.17) is 5.73 Å². The Hall–Kier alpha value is -0.700. The average Bonchev–Trinajstić information content (AvgIpc) is 2.43.